The Kier molecular flexibility index (Phi) is 5.22. The Morgan fingerprint density at radius 1 is 1.00 bits per heavy atom. The lowest BCUT2D eigenvalue weighted by Crippen LogP contribution is -2.15. The molecule has 0 aliphatic rings. The highest BCUT2D eigenvalue weighted by atomic mass is 35.5. The largest absolute Gasteiger partial charge is 0.322 e. The Balaban J connectivity index is 1.85. The Bertz CT molecular complexity index is 1240. The Hall–Kier alpha value is -2.95. The smallest absolute Gasteiger partial charge is 0.256 e. The Morgan fingerprint density at radius 3 is 2.45 bits per heavy atom. The quantitative estimate of drug-likeness (QED) is 0.388. The number of carbonyl (C=O) groups is 1. The van der Waals surface area contributed by atoms with Crippen LogP contribution in [0.15, 0.2) is 66.7 Å². The number of nitrogens with zero attached hydrogens (tertiary/aromatic N) is 1. The van der Waals surface area contributed by atoms with Crippen molar-refractivity contribution in [3.8, 4) is 11.3 Å². The summed E-state index contributed by atoms with van der Waals surface area (Å²) in [6, 6.07) is 18.8. The molecule has 0 aliphatic heterocycles. The number of fused-ring (bicyclic) bond motifs is 1. The molecule has 0 atom stereocenters. The van der Waals surface area contributed by atoms with Gasteiger partial charge < -0.3 is 5.32 Å². The van der Waals surface area contributed by atoms with Crippen molar-refractivity contribution in [1.82, 2.24) is 4.98 Å². The van der Waals surface area contributed by atoms with Crippen molar-refractivity contribution in [1.29, 1.82) is 0 Å². The van der Waals surface area contributed by atoms with E-state index in [-0.39, 0.29) is 10.9 Å². The van der Waals surface area contributed by atoms with Gasteiger partial charge >= 0.3 is 0 Å². The van der Waals surface area contributed by atoms with Crippen molar-refractivity contribution in [3.05, 3.63) is 93.7 Å². The van der Waals surface area contributed by atoms with Gasteiger partial charge in [-0.1, -0.05) is 53.5 Å². The minimum Gasteiger partial charge on any atom is -0.322 e. The topological polar surface area (TPSA) is 42.0 Å². The molecule has 29 heavy (non-hydrogen) atoms. The number of pyridine rings is 1. The predicted molar refractivity (Wildman–Crippen MR) is 116 cm³/mol. The summed E-state index contributed by atoms with van der Waals surface area (Å²) in [5, 5.41) is 4.11. The van der Waals surface area contributed by atoms with Gasteiger partial charge in [0.2, 0.25) is 0 Å². The normalized spacial score (nSPS) is 10.9. The van der Waals surface area contributed by atoms with Crippen LogP contribution >= 0.6 is 23.2 Å². The summed E-state index contributed by atoms with van der Waals surface area (Å²) < 4.78 is 13.4. The van der Waals surface area contributed by atoms with Crippen molar-refractivity contribution < 1.29 is 9.18 Å². The third kappa shape index (κ3) is 3.82. The molecule has 1 aromatic heterocycles. The number of para-hydroxylation sites is 1. The highest BCUT2D eigenvalue weighted by Crippen LogP contribution is 2.31. The van der Waals surface area contributed by atoms with Gasteiger partial charge in [0.1, 0.15) is 5.82 Å². The first kappa shape index (κ1) is 19.4. The number of carbonyl (C=O) groups excluding carboxylic acids is 1. The summed E-state index contributed by atoms with van der Waals surface area (Å²) in [5.74, 6) is -0.862. The highest BCUT2D eigenvalue weighted by molar-refractivity contribution is 6.31. The van der Waals surface area contributed by atoms with Gasteiger partial charge in [-0.2, -0.15) is 0 Å². The predicted octanol–water partition coefficient (Wildman–Crippen LogP) is 6.91. The van der Waals surface area contributed by atoms with Crippen molar-refractivity contribution in [3.63, 3.8) is 0 Å². The van der Waals surface area contributed by atoms with E-state index in [0.717, 1.165) is 16.5 Å². The van der Waals surface area contributed by atoms with Gasteiger partial charge in [0.05, 0.1) is 21.8 Å². The molecule has 1 heterocycles. The van der Waals surface area contributed by atoms with Gasteiger partial charge in [0.25, 0.3) is 5.91 Å². The molecule has 144 valence electrons. The number of aromatic nitrogens is 1. The van der Waals surface area contributed by atoms with Crippen LogP contribution in [0.3, 0.4) is 0 Å². The van der Waals surface area contributed by atoms with Gasteiger partial charge in [0, 0.05) is 21.7 Å². The number of rotatable bonds is 3. The van der Waals surface area contributed by atoms with Crippen LogP contribution in [0.4, 0.5) is 10.1 Å². The molecule has 3 nitrogen and oxygen atoms in total. The van der Waals surface area contributed by atoms with Crippen molar-refractivity contribution in [2.75, 3.05) is 5.32 Å². The molecular formula is C23H15Cl2FN2O. The van der Waals surface area contributed by atoms with Gasteiger partial charge in [-0.15, -0.1) is 0 Å². The van der Waals surface area contributed by atoms with Crippen molar-refractivity contribution >= 4 is 45.7 Å². The molecule has 0 aliphatic carbocycles. The first-order chi connectivity index (χ1) is 13.9. The maximum atomic E-state index is 13.4. The second-order valence-electron chi connectivity index (χ2n) is 6.57. The van der Waals surface area contributed by atoms with E-state index in [1.807, 2.05) is 43.3 Å². The van der Waals surface area contributed by atoms with E-state index in [0.29, 0.717) is 27.5 Å². The number of anilines is 1. The van der Waals surface area contributed by atoms with Gasteiger partial charge in [0.15, 0.2) is 0 Å². The van der Waals surface area contributed by atoms with Crippen LogP contribution in [0.1, 0.15) is 15.9 Å². The molecule has 4 aromatic rings. The zero-order chi connectivity index (χ0) is 20.5. The average Bonchev–Trinajstić information content (AvgIpc) is 2.71. The zero-order valence-corrected chi connectivity index (χ0v) is 16.9. The molecule has 0 spiro atoms. The molecule has 4 rings (SSSR count). The first-order valence-corrected chi connectivity index (χ1v) is 9.61. The van der Waals surface area contributed by atoms with E-state index in [2.05, 4.69) is 5.32 Å². The van der Waals surface area contributed by atoms with Crippen LogP contribution in [-0.4, -0.2) is 10.9 Å². The summed E-state index contributed by atoms with van der Waals surface area (Å²) in [5.41, 5.74) is 3.90. The average molecular weight is 425 g/mol. The maximum Gasteiger partial charge on any atom is 0.256 e. The maximum absolute atomic E-state index is 13.4. The van der Waals surface area contributed by atoms with E-state index in [1.165, 1.54) is 18.2 Å². The standard InChI is InChI=1S/C23H15Cl2FN2O/c1-13-21(23(29)27-16-10-11-19(26)18(25)12-16)17-4-2-3-5-20(17)28-22(13)14-6-8-15(24)9-7-14/h2-12H,1H3,(H,27,29). The van der Waals surface area contributed by atoms with Crippen LogP contribution in [0, 0.1) is 12.7 Å². The zero-order valence-electron chi connectivity index (χ0n) is 15.3. The molecule has 0 bridgehead atoms. The van der Waals surface area contributed by atoms with E-state index in [1.54, 1.807) is 12.1 Å². The lowest BCUT2D eigenvalue weighted by atomic mass is 9.97. The molecule has 0 unspecified atom stereocenters. The van der Waals surface area contributed by atoms with Gasteiger partial charge in [-0.25, -0.2) is 9.37 Å². The van der Waals surface area contributed by atoms with E-state index in [4.69, 9.17) is 28.2 Å². The van der Waals surface area contributed by atoms with Crippen LogP contribution in [0.5, 0.6) is 0 Å². The number of nitrogens with one attached hydrogen (secondary N) is 1. The molecule has 0 radical (unpaired) electrons. The number of amides is 1. The second kappa shape index (κ2) is 7.82. The van der Waals surface area contributed by atoms with Crippen LogP contribution in [-0.2, 0) is 0 Å². The summed E-state index contributed by atoms with van der Waals surface area (Å²) in [4.78, 5) is 17.9. The summed E-state index contributed by atoms with van der Waals surface area (Å²) in [6.45, 7) is 1.86. The SMILES string of the molecule is Cc1c(-c2ccc(Cl)cc2)nc2ccccc2c1C(=O)Nc1ccc(F)c(Cl)c1. The molecule has 0 saturated heterocycles. The van der Waals surface area contributed by atoms with Gasteiger partial charge in [-0.05, 0) is 48.9 Å². The third-order valence-corrected chi connectivity index (χ3v) is 5.20. The number of hydrogen-bond donors (Lipinski definition) is 1. The molecule has 6 heteroatoms. The molecular weight excluding hydrogens is 410 g/mol. The van der Waals surface area contributed by atoms with Crippen LogP contribution in [0.2, 0.25) is 10.0 Å². The summed E-state index contributed by atoms with van der Waals surface area (Å²) >= 11 is 11.8. The molecule has 0 fully saturated rings. The fourth-order valence-corrected chi connectivity index (χ4v) is 3.56. The molecule has 1 amide bonds. The third-order valence-electron chi connectivity index (χ3n) is 4.66. The molecule has 3 aromatic carbocycles. The lowest BCUT2D eigenvalue weighted by Gasteiger charge is -2.15. The molecule has 1 N–H and O–H groups in total. The lowest BCUT2D eigenvalue weighted by molar-refractivity contribution is 0.102. The number of benzene rings is 3. The van der Waals surface area contributed by atoms with Gasteiger partial charge in [-0.3, -0.25) is 4.79 Å². The van der Waals surface area contributed by atoms with Crippen molar-refractivity contribution in [2.24, 2.45) is 0 Å². The molecule has 0 saturated carbocycles. The van der Waals surface area contributed by atoms with Crippen LogP contribution in [0.25, 0.3) is 22.2 Å². The highest BCUT2D eigenvalue weighted by Gasteiger charge is 2.19. The van der Waals surface area contributed by atoms with E-state index >= 15 is 0 Å². The Morgan fingerprint density at radius 2 is 1.72 bits per heavy atom. The van der Waals surface area contributed by atoms with E-state index in [9.17, 15) is 9.18 Å². The summed E-state index contributed by atoms with van der Waals surface area (Å²) in [7, 11) is 0. The van der Waals surface area contributed by atoms with E-state index < -0.39 is 5.82 Å². The minimum absolute atomic E-state index is 0.0547. The fraction of sp³-hybridized carbons (Fsp3) is 0.0435. The first-order valence-electron chi connectivity index (χ1n) is 8.86. The minimum atomic E-state index is -0.541. The fourth-order valence-electron chi connectivity index (χ4n) is 3.26. The second-order valence-corrected chi connectivity index (χ2v) is 7.41. The van der Waals surface area contributed by atoms with Crippen molar-refractivity contribution in [2.45, 2.75) is 6.92 Å². The van der Waals surface area contributed by atoms with Crippen LogP contribution < -0.4 is 5.32 Å². The number of halogens is 3. The number of hydrogen-bond acceptors (Lipinski definition) is 2. The summed E-state index contributed by atoms with van der Waals surface area (Å²) in [6.07, 6.45) is 0. The monoisotopic (exact) mass is 424 g/mol. The Labute approximate surface area is 177 Å².